The van der Waals surface area contributed by atoms with Crippen molar-refractivity contribution >= 4 is 43.9 Å². The van der Waals surface area contributed by atoms with Crippen LogP contribution in [0.3, 0.4) is 0 Å². The highest BCUT2D eigenvalue weighted by atomic mass is 32.1. The summed E-state index contributed by atoms with van der Waals surface area (Å²) in [5, 5.41) is 11.0. The highest BCUT2D eigenvalue weighted by molar-refractivity contribution is 7.22. The van der Waals surface area contributed by atoms with Crippen molar-refractivity contribution in [2.75, 3.05) is 0 Å². The molecular weight excluding hydrogens is 331 g/mol. The molecule has 1 N–H and O–H groups in total. The molecule has 0 fully saturated rings. The van der Waals surface area contributed by atoms with E-state index in [9.17, 15) is 14.3 Å². The number of benzene rings is 2. The van der Waals surface area contributed by atoms with Gasteiger partial charge in [0.1, 0.15) is 22.7 Å². The smallest absolute Gasteiger partial charge is 0.348 e. The topological polar surface area (TPSA) is 75.7 Å². The Balaban J connectivity index is 1.80. The highest BCUT2D eigenvalue weighted by Gasteiger charge is 2.12. The summed E-state index contributed by atoms with van der Waals surface area (Å²) in [4.78, 5) is 20.3. The first-order valence-electron chi connectivity index (χ1n) is 6.97. The van der Waals surface area contributed by atoms with E-state index < -0.39 is 5.63 Å². The highest BCUT2D eigenvalue weighted by Crippen LogP contribution is 2.29. The number of hydrogen-bond acceptors (Lipinski definition) is 6. The first kappa shape index (κ1) is 14.5. The molecule has 0 unspecified atom stereocenters. The van der Waals surface area contributed by atoms with Crippen molar-refractivity contribution in [3.8, 4) is 5.75 Å². The van der Waals surface area contributed by atoms with Gasteiger partial charge in [0.2, 0.25) is 5.13 Å². The third kappa shape index (κ3) is 2.44. The lowest BCUT2D eigenvalue weighted by Gasteiger charge is -2.01. The van der Waals surface area contributed by atoms with Crippen LogP contribution in [0.2, 0.25) is 0 Å². The number of fused-ring (bicyclic) bond motifs is 2. The maximum Gasteiger partial charge on any atom is 0.348 e. The third-order valence-corrected chi connectivity index (χ3v) is 4.39. The van der Waals surface area contributed by atoms with Gasteiger partial charge in [-0.15, -0.1) is 0 Å². The fourth-order valence-corrected chi connectivity index (χ4v) is 3.16. The van der Waals surface area contributed by atoms with E-state index in [1.165, 1.54) is 29.7 Å². The van der Waals surface area contributed by atoms with Gasteiger partial charge in [0.25, 0.3) is 0 Å². The van der Waals surface area contributed by atoms with E-state index in [0.717, 1.165) is 0 Å². The van der Waals surface area contributed by atoms with Gasteiger partial charge in [-0.2, -0.15) is 0 Å². The molecule has 0 aliphatic heterocycles. The molecule has 0 aliphatic carbocycles. The Morgan fingerprint density at radius 1 is 1.25 bits per heavy atom. The van der Waals surface area contributed by atoms with Crippen molar-refractivity contribution in [3.63, 3.8) is 0 Å². The maximum absolute atomic E-state index is 13.2. The van der Waals surface area contributed by atoms with Gasteiger partial charge in [0.15, 0.2) is 0 Å². The summed E-state index contributed by atoms with van der Waals surface area (Å²) in [6.07, 6.45) is 1.21. The standard InChI is InChI=1S/C17H9FN2O3S/c18-9-5-6-12-14(7-9)24-17(20-12)19-8-11-15(21)10-3-1-2-4-13(10)23-16(11)22/h1-8,21H. The number of rotatable bonds is 2. The zero-order chi connectivity index (χ0) is 16.7. The molecule has 0 saturated carbocycles. The summed E-state index contributed by atoms with van der Waals surface area (Å²) >= 11 is 1.18. The molecule has 0 atom stereocenters. The minimum absolute atomic E-state index is 0.0564. The number of para-hydroxylation sites is 1. The molecule has 0 spiro atoms. The molecule has 0 amide bonds. The van der Waals surface area contributed by atoms with E-state index >= 15 is 0 Å². The molecule has 5 nitrogen and oxygen atoms in total. The Morgan fingerprint density at radius 3 is 2.96 bits per heavy atom. The second kappa shape index (κ2) is 5.54. The lowest BCUT2D eigenvalue weighted by Crippen LogP contribution is -2.06. The van der Waals surface area contributed by atoms with Crippen LogP contribution in [0.1, 0.15) is 5.56 Å². The first-order valence-corrected chi connectivity index (χ1v) is 7.78. The van der Waals surface area contributed by atoms with Crippen LogP contribution >= 0.6 is 11.3 Å². The Kier molecular flexibility index (Phi) is 3.35. The first-order chi connectivity index (χ1) is 11.6. The van der Waals surface area contributed by atoms with Crippen LogP contribution in [0, 0.1) is 5.82 Å². The molecule has 2 aromatic heterocycles. The van der Waals surface area contributed by atoms with E-state index in [1.807, 2.05) is 0 Å². The lowest BCUT2D eigenvalue weighted by molar-refractivity contribution is 0.466. The molecule has 24 heavy (non-hydrogen) atoms. The van der Waals surface area contributed by atoms with E-state index in [0.29, 0.717) is 26.3 Å². The minimum atomic E-state index is -0.692. The Hall–Kier alpha value is -3.06. The van der Waals surface area contributed by atoms with E-state index in [2.05, 4.69) is 9.98 Å². The fraction of sp³-hybridized carbons (Fsp3) is 0. The molecule has 2 aromatic carbocycles. The second-order valence-electron chi connectivity index (χ2n) is 5.01. The molecule has 0 aliphatic rings. The minimum Gasteiger partial charge on any atom is -0.506 e. The summed E-state index contributed by atoms with van der Waals surface area (Å²) in [7, 11) is 0. The molecule has 4 aromatic rings. The molecule has 118 valence electrons. The molecule has 0 bridgehead atoms. The van der Waals surface area contributed by atoms with Gasteiger partial charge in [-0.25, -0.2) is 19.2 Å². The summed E-state index contributed by atoms with van der Waals surface area (Å²) in [5.74, 6) is -0.549. The van der Waals surface area contributed by atoms with Crippen LogP contribution in [-0.2, 0) is 0 Å². The molecular formula is C17H9FN2O3S. The Labute approximate surface area is 138 Å². The Bertz CT molecular complexity index is 1160. The van der Waals surface area contributed by atoms with Crippen molar-refractivity contribution in [2.45, 2.75) is 0 Å². The second-order valence-corrected chi connectivity index (χ2v) is 6.02. The largest absolute Gasteiger partial charge is 0.506 e. The number of thiazole rings is 1. The van der Waals surface area contributed by atoms with Gasteiger partial charge in [-0.3, -0.25) is 0 Å². The third-order valence-electron chi connectivity index (χ3n) is 3.46. The van der Waals surface area contributed by atoms with Crippen molar-refractivity contribution < 1.29 is 13.9 Å². The number of halogens is 1. The molecule has 0 saturated heterocycles. The van der Waals surface area contributed by atoms with Crippen LogP contribution in [0.25, 0.3) is 21.2 Å². The number of aromatic nitrogens is 1. The van der Waals surface area contributed by atoms with E-state index in [4.69, 9.17) is 4.42 Å². The van der Waals surface area contributed by atoms with Crippen LogP contribution in [0.5, 0.6) is 5.75 Å². The van der Waals surface area contributed by atoms with Crippen LogP contribution in [0.4, 0.5) is 9.52 Å². The van der Waals surface area contributed by atoms with Crippen molar-refractivity contribution in [1.29, 1.82) is 0 Å². The predicted molar refractivity (Wildman–Crippen MR) is 91.0 cm³/mol. The van der Waals surface area contributed by atoms with Gasteiger partial charge in [-0.05, 0) is 30.3 Å². The van der Waals surface area contributed by atoms with Crippen molar-refractivity contribution in [1.82, 2.24) is 4.98 Å². The summed E-state index contributed by atoms with van der Waals surface area (Å²) in [6, 6.07) is 10.9. The number of hydrogen-bond donors (Lipinski definition) is 1. The summed E-state index contributed by atoms with van der Waals surface area (Å²) in [6.45, 7) is 0. The van der Waals surface area contributed by atoms with Crippen LogP contribution < -0.4 is 5.63 Å². The average molecular weight is 340 g/mol. The molecule has 4 rings (SSSR count). The average Bonchev–Trinajstić information content (AvgIpc) is 2.96. The summed E-state index contributed by atoms with van der Waals surface area (Å²) < 4.78 is 19.0. The zero-order valence-corrected chi connectivity index (χ0v) is 12.9. The monoisotopic (exact) mass is 340 g/mol. The number of nitrogens with zero attached hydrogens (tertiary/aromatic N) is 2. The van der Waals surface area contributed by atoms with Gasteiger partial charge < -0.3 is 9.52 Å². The van der Waals surface area contributed by atoms with Gasteiger partial charge >= 0.3 is 5.63 Å². The predicted octanol–water partition coefficient (Wildman–Crippen LogP) is 4.00. The lowest BCUT2D eigenvalue weighted by atomic mass is 10.1. The van der Waals surface area contributed by atoms with Gasteiger partial charge in [0, 0.05) is 6.21 Å². The zero-order valence-electron chi connectivity index (χ0n) is 12.1. The summed E-state index contributed by atoms with van der Waals surface area (Å²) in [5.41, 5.74) is 0.164. The Morgan fingerprint density at radius 2 is 2.08 bits per heavy atom. The van der Waals surface area contributed by atoms with Gasteiger partial charge in [-0.1, -0.05) is 23.5 Å². The number of aromatic hydroxyl groups is 1. The van der Waals surface area contributed by atoms with Gasteiger partial charge in [0.05, 0.1) is 15.6 Å². The van der Waals surface area contributed by atoms with Crippen LogP contribution in [-0.4, -0.2) is 16.3 Å². The number of aliphatic imine (C=N–C) groups is 1. The molecule has 0 radical (unpaired) electrons. The normalized spacial score (nSPS) is 11.7. The van der Waals surface area contributed by atoms with E-state index in [1.54, 1.807) is 30.3 Å². The van der Waals surface area contributed by atoms with Crippen molar-refractivity contribution in [3.05, 3.63) is 64.3 Å². The van der Waals surface area contributed by atoms with Crippen molar-refractivity contribution in [2.24, 2.45) is 4.99 Å². The molecule has 7 heteroatoms. The SMILES string of the molecule is O=c1oc2ccccc2c(O)c1C=Nc1nc2ccc(F)cc2s1. The quantitative estimate of drug-likeness (QED) is 0.442. The van der Waals surface area contributed by atoms with Crippen LogP contribution in [0.15, 0.2) is 56.7 Å². The fourth-order valence-electron chi connectivity index (χ4n) is 2.32. The molecule has 2 heterocycles. The van der Waals surface area contributed by atoms with E-state index in [-0.39, 0.29) is 17.1 Å². The maximum atomic E-state index is 13.2.